The van der Waals surface area contributed by atoms with Gasteiger partial charge in [0.2, 0.25) is 0 Å². The molecule has 0 unspecified atom stereocenters. The predicted octanol–water partition coefficient (Wildman–Crippen LogP) is 7.38. The smallest absolute Gasteiger partial charge is 0.307 e. The van der Waals surface area contributed by atoms with Crippen LogP contribution in [0.3, 0.4) is 0 Å². The van der Waals surface area contributed by atoms with Gasteiger partial charge in [-0.05, 0) is 18.9 Å². The SMILES string of the molecule is CCCCCCCCCCC=CC=CC=CC=CC=CC=CO[C@H](CC(=O)O)C[N+](C)(C)C. The molecule has 0 heterocycles. The van der Waals surface area contributed by atoms with Crippen LogP contribution in [0.5, 0.6) is 0 Å². The number of rotatable bonds is 20. The second kappa shape index (κ2) is 21.5. The van der Waals surface area contributed by atoms with Gasteiger partial charge in [-0.25, -0.2) is 0 Å². The van der Waals surface area contributed by atoms with Crippen LogP contribution in [0, 0.1) is 0 Å². The van der Waals surface area contributed by atoms with Crippen LogP contribution in [0.4, 0.5) is 0 Å². The number of carboxylic acid groups (broad SMARTS) is 1. The van der Waals surface area contributed by atoms with Gasteiger partial charge in [-0.3, -0.25) is 4.79 Å². The molecule has 0 rings (SSSR count). The van der Waals surface area contributed by atoms with Crippen molar-refractivity contribution in [3.05, 3.63) is 73.1 Å². The van der Waals surface area contributed by atoms with E-state index in [-0.39, 0.29) is 12.5 Å². The summed E-state index contributed by atoms with van der Waals surface area (Å²) >= 11 is 0. The molecule has 0 saturated carbocycles. The number of carbonyl (C=O) groups is 1. The molecule has 4 heteroatoms. The average Bonchev–Trinajstić information content (AvgIpc) is 2.73. The normalized spacial score (nSPS) is 14.2. The molecule has 1 atom stereocenters. The van der Waals surface area contributed by atoms with Crippen molar-refractivity contribution in [2.24, 2.45) is 0 Å². The Hall–Kier alpha value is -2.33. The van der Waals surface area contributed by atoms with Crippen LogP contribution < -0.4 is 0 Å². The van der Waals surface area contributed by atoms with Crippen molar-refractivity contribution in [2.45, 2.75) is 77.2 Å². The van der Waals surface area contributed by atoms with Gasteiger partial charge >= 0.3 is 5.97 Å². The highest BCUT2D eigenvalue weighted by atomic mass is 16.5. The first-order valence-electron chi connectivity index (χ1n) is 12.5. The zero-order valence-electron chi connectivity index (χ0n) is 21.5. The molecule has 0 radical (unpaired) electrons. The van der Waals surface area contributed by atoms with Gasteiger partial charge in [0.15, 0.2) is 6.10 Å². The highest BCUT2D eigenvalue weighted by molar-refractivity contribution is 5.67. The van der Waals surface area contributed by atoms with E-state index >= 15 is 0 Å². The lowest BCUT2D eigenvalue weighted by Gasteiger charge is -2.28. The molecule has 0 aromatic rings. The Morgan fingerprint density at radius 2 is 1.24 bits per heavy atom. The Kier molecular flexibility index (Phi) is 20.0. The molecule has 0 aliphatic carbocycles. The molecule has 0 aliphatic heterocycles. The van der Waals surface area contributed by atoms with Gasteiger partial charge in [0.1, 0.15) is 6.54 Å². The van der Waals surface area contributed by atoms with Crippen molar-refractivity contribution in [1.82, 2.24) is 0 Å². The van der Waals surface area contributed by atoms with Gasteiger partial charge in [-0.2, -0.15) is 0 Å². The molecular weight excluding hydrogens is 410 g/mol. The molecule has 33 heavy (non-hydrogen) atoms. The summed E-state index contributed by atoms with van der Waals surface area (Å²) in [4.78, 5) is 11.0. The number of ether oxygens (including phenoxy) is 1. The maximum Gasteiger partial charge on any atom is 0.307 e. The summed E-state index contributed by atoms with van der Waals surface area (Å²) in [6.45, 7) is 2.90. The lowest BCUT2D eigenvalue weighted by Crippen LogP contribution is -2.42. The quantitative estimate of drug-likeness (QED) is 0.0896. The Morgan fingerprint density at radius 3 is 1.76 bits per heavy atom. The Bertz CT molecular complexity index is 648. The molecule has 1 N–H and O–H groups in total. The maximum atomic E-state index is 11.0. The van der Waals surface area contributed by atoms with Gasteiger partial charge in [-0.15, -0.1) is 0 Å². The number of allylic oxidation sites excluding steroid dienone is 11. The van der Waals surface area contributed by atoms with Crippen LogP contribution in [0.15, 0.2) is 73.1 Å². The fourth-order valence-corrected chi connectivity index (χ4v) is 3.25. The lowest BCUT2D eigenvalue weighted by molar-refractivity contribution is -0.873. The molecule has 0 aliphatic rings. The zero-order chi connectivity index (χ0) is 24.6. The number of aliphatic carboxylic acids is 1. The first-order chi connectivity index (χ1) is 15.8. The summed E-state index contributed by atoms with van der Waals surface area (Å²) in [7, 11) is 6.05. The zero-order valence-corrected chi connectivity index (χ0v) is 21.5. The summed E-state index contributed by atoms with van der Waals surface area (Å²) < 4.78 is 6.24. The van der Waals surface area contributed by atoms with Crippen LogP contribution in [-0.2, 0) is 9.53 Å². The highest BCUT2D eigenvalue weighted by Gasteiger charge is 2.21. The van der Waals surface area contributed by atoms with Gasteiger partial charge in [-0.1, -0.05) is 113 Å². The van der Waals surface area contributed by atoms with Crippen molar-refractivity contribution in [3.63, 3.8) is 0 Å². The Labute approximate surface area is 203 Å². The summed E-state index contributed by atoms with van der Waals surface area (Å²) in [6.07, 6.45) is 35.2. The molecule has 0 fully saturated rings. The monoisotopic (exact) mass is 458 g/mol. The Balaban J connectivity index is 3.91. The largest absolute Gasteiger partial charge is 0.492 e. The number of nitrogens with zero attached hydrogens (tertiary/aromatic N) is 1. The van der Waals surface area contributed by atoms with E-state index in [9.17, 15) is 4.79 Å². The second-order valence-corrected chi connectivity index (χ2v) is 9.39. The molecular formula is C29H48NO3+. The lowest BCUT2D eigenvalue weighted by atomic mass is 10.1. The topological polar surface area (TPSA) is 46.5 Å². The van der Waals surface area contributed by atoms with E-state index in [4.69, 9.17) is 9.84 Å². The molecule has 0 amide bonds. The molecule has 186 valence electrons. The van der Waals surface area contributed by atoms with E-state index in [1.165, 1.54) is 51.4 Å². The van der Waals surface area contributed by atoms with Crippen molar-refractivity contribution >= 4 is 5.97 Å². The number of hydrogen-bond acceptors (Lipinski definition) is 2. The fraction of sp³-hybridized carbons (Fsp3) is 0.552. The number of unbranched alkanes of at least 4 members (excludes halogenated alkanes) is 8. The summed E-state index contributed by atoms with van der Waals surface area (Å²) in [5.41, 5.74) is 0. The van der Waals surface area contributed by atoms with Crippen LogP contribution in [0.2, 0.25) is 0 Å². The van der Waals surface area contributed by atoms with Crippen LogP contribution in [-0.4, -0.2) is 49.4 Å². The number of quaternary nitrogens is 1. The standard InChI is InChI=1S/C29H47NO3/c1-5-6-7-8-9-10-11-12-13-14-15-16-17-18-19-20-21-22-23-24-25-33-28(26-29(31)32)27-30(2,3)4/h14-25,28H,5-13,26-27H2,1-4H3/p+1/t28-/m1/s1. The van der Waals surface area contributed by atoms with Gasteiger partial charge in [0.25, 0.3) is 0 Å². The van der Waals surface area contributed by atoms with E-state index in [2.05, 4.69) is 25.2 Å². The van der Waals surface area contributed by atoms with Crippen molar-refractivity contribution in [3.8, 4) is 0 Å². The van der Waals surface area contributed by atoms with Crippen molar-refractivity contribution < 1.29 is 19.1 Å². The number of carboxylic acids is 1. The molecule has 4 nitrogen and oxygen atoms in total. The van der Waals surface area contributed by atoms with E-state index in [1.54, 1.807) is 12.3 Å². The second-order valence-electron chi connectivity index (χ2n) is 9.39. The van der Waals surface area contributed by atoms with Crippen LogP contribution in [0.1, 0.15) is 71.1 Å². The van der Waals surface area contributed by atoms with E-state index in [1.807, 2.05) is 63.7 Å². The van der Waals surface area contributed by atoms with Crippen LogP contribution >= 0.6 is 0 Å². The first-order valence-corrected chi connectivity index (χ1v) is 12.5. The molecule has 0 spiro atoms. The summed E-state index contributed by atoms with van der Waals surface area (Å²) in [5.74, 6) is -0.847. The van der Waals surface area contributed by atoms with Crippen molar-refractivity contribution in [2.75, 3.05) is 27.7 Å². The van der Waals surface area contributed by atoms with Gasteiger partial charge in [0, 0.05) is 0 Å². The minimum Gasteiger partial charge on any atom is -0.492 e. The molecule has 0 aromatic carbocycles. The first kappa shape index (κ1) is 30.7. The molecule has 0 aromatic heterocycles. The summed E-state index contributed by atoms with van der Waals surface area (Å²) in [6, 6.07) is 0. The molecule has 0 bridgehead atoms. The number of likely N-dealkylation sites (N-methyl/N-ethyl adjacent to an activating group) is 1. The highest BCUT2D eigenvalue weighted by Crippen LogP contribution is 2.09. The number of hydrogen-bond donors (Lipinski definition) is 1. The third-order valence-electron chi connectivity index (χ3n) is 4.86. The van der Waals surface area contributed by atoms with E-state index in [0.717, 1.165) is 6.42 Å². The van der Waals surface area contributed by atoms with E-state index in [0.29, 0.717) is 11.0 Å². The Morgan fingerprint density at radius 1 is 0.758 bits per heavy atom. The van der Waals surface area contributed by atoms with Gasteiger partial charge < -0.3 is 14.3 Å². The van der Waals surface area contributed by atoms with E-state index < -0.39 is 5.97 Å². The predicted molar refractivity (Wildman–Crippen MR) is 142 cm³/mol. The minimum absolute atomic E-state index is 0.00380. The minimum atomic E-state index is -0.847. The molecule has 0 saturated heterocycles. The van der Waals surface area contributed by atoms with Crippen LogP contribution in [0.25, 0.3) is 0 Å². The average molecular weight is 459 g/mol. The van der Waals surface area contributed by atoms with Crippen molar-refractivity contribution in [1.29, 1.82) is 0 Å². The fourth-order valence-electron chi connectivity index (χ4n) is 3.25. The third-order valence-corrected chi connectivity index (χ3v) is 4.86. The van der Waals surface area contributed by atoms with Gasteiger partial charge in [0.05, 0.1) is 33.8 Å². The third kappa shape index (κ3) is 25.8. The maximum absolute atomic E-state index is 11.0. The summed E-state index contributed by atoms with van der Waals surface area (Å²) in [5, 5.41) is 9.00.